The Morgan fingerprint density at radius 2 is 1.88 bits per heavy atom. The molecule has 0 amide bonds. The van der Waals surface area contributed by atoms with Crippen LogP contribution >= 0.6 is 0 Å². The van der Waals surface area contributed by atoms with Crippen LogP contribution in [0.4, 0.5) is 0 Å². The fraction of sp³-hybridized carbons (Fsp3) is 1.00. The molecule has 0 aromatic rings. The molecule has 0 bridgehead atoms. The van der Waals surface area contributed by atoms with Gasteiger partial charge in [-0.15, -0.1) is 0 Å². The molecule has 17 heavy (non-hydrogen) atoms. The van der Waals surface area contributed by atoms with Crippen molar-refractivity contribution in [1.29, 1.82) is 0 Å². The van der Waals surface area contributed by atoms with E-state index in [-0.39, 0.29) is 0 Å². The Hall–Kier alpha value is -0.120. The monoisotopic (exact) mass is 237 g/mol. The van der Waals surface area contributed by atoms with Crippen molar-refractivity contribution in [3.63, 3.8) is 0 Å². The van der Waals surface area contributed by atoms with Gasteiger partial charge in [-0.3, -0.25) is 9.80 Å². The summed E-state index contributed by atoms with van der Waals surface area (Å²) in [6.45, 7) is 7.16. The zero-order valence-electron chi connectivity index (χ0n) is 11.1. The molecule has 3 fully saturated rings. The molecular weight excluding hydrogens is 210 g/mol. The number of nitrogens with zero attached hydrogens (tertiary/aromatic N) is 2. The van der Waals surface area contributed by atoms with E-state index in [0.29, 0.717) is 6.04 Å². The standard InChI is InChI=1S/C14H27N3/c1-11-4-7-17(14(8-11)9-15)13-5-6-16(10-13)12-2-3-12/h11-14H,2-10,15H2,1H3. The minimum absolute atomic E-state index is 0.655. The Bertz CT molecular complexity index is 264. The highest BCUT2D eigenvalue weighted by molar-refractivity contribution is 4.95. The van der Waals surface area contributed by atoms with Crippen LogP contribution in [0.15, 0.2) is 0 Å². The molecule has 0 radical (unpaired) electrons. The molecule has 2 saturated heterocycles. The second-order valence-corrected chi connectivity index (χ2v) is 6.43. The predicted molar refractivity (Wildman–Crippen MR) is 70.9 cm³/mol. The van der Waals surface area contributed by atoms with Crippen molar-refractivity contribution in [2.45, 2.75) is 57.2 Å². The first kappa shape index (κ1) is 11.9. The molecule has 3 unspecified atom stereocenters. The second-order valence-electron chi connectivity index (χ2n) is 6.43. The Balaban J connectivity index is 1.59. The van der Waals surface area contributed by atoms with Crippen molar-refractivity contribution >= 4 is 0 Å². The van der Waals surface area contributed by atoms with Crippen LogP contribution in [0.1, 0.15) is 39.0 Å². The molecule has 0 aromatic carbocycles. The molecule has 0 aromatic heterocycles. The third-order valence-corrected chi connectivity index (χ3v) is 5.02. The van der Waals surface area contributed by atoms with Crippen molar-refractivity contribution < 1.29 is 0 Å². The second kappa shape index (κ2) is 4.87. The van der Waals surface area contributed by atoms with Crippen molar-refractivity contribution in [3.05, 3.63) is 0 Å². The van der Waals surface area contributed by atoms with E-state index in [1.807, 2.05) is 0 Å². The van der Waals surface area contributed by atoms with Crippen LogP contribution < -0.4 is 5.73 Å². The largest absolute Gasteiger partial charge is 0.329 e. The SMILES string of the molecule is CC1CCN(C2CCN(C3CC3)C2)C(CN)C1. The summed E-state index contributed by atoms with van der Waals surface area (Å²) in [5.74, 6) is 0.876. The van der Waals surface area contributed by atoms with Gasteiger partial charge in [0, 0.05) is 37.8 Å². The van der Waals surface area contributed by atoms with Gasteiger partial charge in [0.2, 0.25) is 0 Å². The fourth-order valence-electron chi connectivity index (χ4n) is 3.79. The summed E-state index contributed by atoms with van der Waals surface area (Å²) in [6, 6.07) is 2.40. The van der Waals surface area contributed by atoms with Crippen LogP contribution in [0.2, 0.25) is 0 Å². The van der Waals surface area contributed by atoms with Gasteiger partial charge in [-0.1, -0.05) is 6.92 Å². The number of nitrogens with two attached hydrogens (primary N) is 1. The molecule has 2 aliphatic heterocycles. The molecule has 3 aliphatic rings. The summed E-state index contributed by atoms with van der Waals surface area (Å²) < 4.78 is 0. The van der Waals surface area contributed by atoms with Crippen LogP contribution in [-0.4, -0.2) is 54.1 Å². The number of hydrogen-bond donors (Lipinski definition) is 1. The molecule has 2 heterocycles. The van der Waals surface area contributed by atoms with Crippen molar-refractivity contribution in [3.8, 4) is 0 Å². The third kappa shape index (κ3) is 2.51. The molecule has 1 aliphatic carbocycles. The Morgan fingerprint density at radius 1 is 1.06 bits per heavy atom. The summed E-state index contributed by atoms with van der Waals surface area (Å²) in [6.07, 6.45) is 6.96. The van der Waals surface area contributed by atoms with Crippen molar-refractivity contribution in [2.75, 3.05) is 26.2 Å². The van der Waals surface area contributed by atoms with Gasteiger partial charge < -0.3 is 5.73 Å². The maximum Gasteiger partial charge on any atom is 0.0238 e. The number of likely N-dealkylation sites (tertiary alicyclic amines) is 2. The highest BCUT2D eigenvalue weighted by Crippen LogP contribution is 2.33. The van der Waals surface area contributed by atoms with E-state index >= 15 is 0 Å². The van der Waals surface area contributed by atoms with Gasteiger partial charge in [-0.2, -0.15) is 0 Å². The lowest BCUT2D eigenvalue weighted by molar-refractivity contribution is 0.0781. The maximum absolute atomic E-state index is 5.98. The van der Waals surface area contributed by atoms with Crippen LogP contribution in [-0.2, 0) is 0 Å². The first-order valence-corrected chi connectivity index (χ1v) is 7.47. The zero-order chi connectivity index (χ0) is 11.8. The molecule has 2 N–H and O–H groups in total. The van der Waals surface area contributed by atoms with Gasteiger partial charge in [0.1, 0.15) is 0 Å². The topological polar surface area (TPSA) is 32.5 Å². The number of hydrogen-bond acceptors (Lipinski definition) is 3. The Kier molecular flexibility index (Phi) is 3.42. The van der Waals surface area contributed by atoms with Gasteiger partial charge in [-0.25, -0.2) is 0 Å². The van der Waals surface area contributed by atoms with Gasteiger partial charge in [-0.05, 0) is 44.6 Å². The van der Waals surface area contributed by atoms with E-state index in [1.54, 1.807) is 0 Å². The molecule has 3 rings (SSSR count). The summed E-state index contributed by atoms with van der Waals surface area (Å²) in [5.41, 5.74) is 5.98. The van der Waals surface area contributed by atoms with E-state index < -0.39 is 0 Å². The highest BCUT2D eigenvalue weighted by Gasteiger charge is 2.39. The molecule has 3 nitrogen and oxygen atoms in total. The fourth-order valence-corrected chi connectivity index (χ4v) is 3.79. The summed E-state index contributed by atoms with van der Waals surface area (Å²) in [5, 5.41) is 0. The lowest BCUT2D eigenvalue weighted by atomic mass is 9.91. The maximum atomic E-state index is 5.98. The first-order valence-electron chi connectivity index (χ1n) is 7.47. The third-order valence-electron chi connectivity index (χ3n) is 5.02. The Morgan fingerprint density at radius 3 is 2.59 bits per heavy atom. The van der Waals surface area contributed by atoms with Crippen LogP contribution in [0, 0.1) is 5.92 Å². The minimum Gasteiger partial charge on any atom is -0.329 e. The zero-order valence-corrected chi connectivity index (χ0v) is 11.1. The summed E-state index contributed by atoms with van der Waals surface area (Å²) in [4.78, 5) is 5.46. The van der Waals surface area contributed by atoms with E-state index in [0.717, 1.165) is 24.5 Å². The molecule has 3 heteroatoms. The number of piperidine rings is 1. The quantitative estimate of drug-likeness (QED) is 0.802. The average Bonchev–Trinajstić information content (AvgIpc) is 3.08. The average molecular weight is 237 g/mol. The molecular formula is C14H27N3. The normalized spacial score (nSPS) is 40.9. The molecule has 1 saturated carbocycles. The van der Waals surface area contributed by atoms with Crippen LogP contribution in [0.25, 0.3) is 0 Å². The van der Waals surface area contributed by atoms with Crippen LogP contribution in [0.3, 0.4) is 0 Å². The molecule has 3 atom stereocenters. The smallest absolute Gasteiger partial charge is 0.0238 e. The summed E-state index contributed by atoms with van der Waals surface area (Å²) >= 11 is 0. The van der Waals surface area contributed by atoms with Gasteiger partial charge >= 0.3 is 0 Å². The van der Waals surface area contributed by atoms with Crippen molar-refractivity contribution in [2.24, 2.45) is 11.7 Å². The van der Waals surface area contributed by atoms with Crippen LogP contribution in [0.5, 0.6) is 0 Å². The molecule has 98 valence electrons. The van der Waals surface area contributed by atoms with E-state index in [9.17, 15) is 0 Å². The first-order chi connectivity index (χ1) is 8.28. The Labute approximate surface area is 105 Å². The summed E-state index contributed by atoms with van der Waals surface area (Å²) in [7, 11) is 0. The van der Waals surface area contributed by atoms with E-state index in [2.05, 4.69) is 16.7 Å². The van der Waals surface area contributed by atoms with Crippen molar-refractivity contribution in [1.82, 2.24) is 9.80 Å². The highest BCUT2D eigenvalue weighted by atomic mass is 15.3. The number of rotatable bonds is 3. The van der Waals surface area contributed by atoms with Gasteiger partial charge in [0.05, 0.1) is 0 Å². The van der Waals surface area contributed by atoms with E-state index in [1.165, 1.54) is 51.7 Å². The lowest BCUT2D eigenvalue weighted by Crippen LogP contribution is -2.52. The van der Waals surface area contributed by atoms with Gasteiger partial charge in [0.25, 0.3) is 0 Å². The van der Waals surface area contributed by atoms with Gasteiger partial charge in [0.15, 0.2) is 0 Å². The van der Waals surface area contributed by atoms with E-state index in [4.69, 9.17) is 5.73 Å². The molecule has 0 spiro atoms. The lowest BCUT2D eigenvalue weighted by Gasteiger charge is -2.41. The minimum atomic E-state index is 0.655. The predicted octanol–water partition coefficient (Wildman–Crippen LogP) is 1.28.